The van der Waals surface area contributed by atoms with Gasteiger partial charge in [0.1, 0.15) is 5.82 Å². The Hall–Kier alpha value is -1.66. The van der Waals surface area contributed by atoms with Gasteiger partial charge in [0.25, 0.3) is 0 Å². The van der Waals surface area contributed by atoms with Gasteiger partial charge in [0.2, 0.25) is 5.91 Å². The maximum atomic E-state index is 13.7. The summed E-state index contributed by atoms with van der Waals surface area (Å²) in [5.74, 6) is -0.629. The number of hydrogen-bond acceptors (Lipinski definition) is 4. The second kappa shape index (κ2) is 7.27. The summed E-state index contributed by atoms with van der Waals surface area (Å²) in [4.78, 5) is 18.7. The first-order chi connectivity index (χ1) is 11.1. The van der Waals surface area contributed by atoms with Crippen molar-refractivity contribution in [1.29, 1.82) is 0 Å². The van der Waals surface area contributed by atoms with Crippen molar-refractivity contribution in [3.8, 4) is 0 Å². The predicted molar refractivity (Wildman–Crippen MR) is 90.6 cm³/mol. The third kappa shape index (κ3) is 4.00. The van der Waals surface area contributed by atoms with Crippen molar-refractivity contribution in [2.75, 3.05) is 18.0 Å². The number of carbonyl (C=O) groups is 1. The quantitative estimate of drug-likeness (QED) is 0.917. The Balaban J connectivity index is 1.51. The predicted octanol–water partition coefficient (Wildman–Crippen LogP) is 3.26. The van der Waals surface area contributed by atoms with E-state index in [0.29, 0.717) is 5.02 Å². The number of aromatic nitrogens is 1. The minimum absolute atomic E-state index is 0.0296. The van der Waals surface area contributed by atoms with E-state index in [1.54, 1.807) is 23.6 Å². The topological polar surface area (TPSA) is 45.2 Å². The molecule has 1 N–H and O–H groups in total. The molecule has 1 aliphatic rings. The van der Waals surface area contributed by atoms with E-state index in [9.17, 15) is 9.18 Å². The van der Waals surface area contributed by atoms with E-state index in [4.69, 9.17) is 11.6 Å². The fourth-order valence-corrected chi connectivity index (χ4v) is 3.65. The number of halogens is 2. The number of nitrogens with zero attached hydrogens (tertiary/aromatic N) is 2. The lowest BCUT2D eigenvalue weighted by Gasteiger charge is -2.32. The SMILES string of the molecule is O=C(Cc1c(F)cccc1Cl)NC1CCN(c2nccs2)CC1. The lowest BCUT2D eigenvalue weighted by molar-refractivity contribution is -0.121. The lowest BCUT2D eigenvalue weighted by Crippen LogP contribution is -2.45. The third-order valence-electron chi connectivity index (χ3n) is 3.95. The van der Waals surface area contributed by atoms with E-state index >= 15 is 0 Å². The molecular weight excluding hydrogens is 337 g/mol. The zero-order valence-corrected chi connectivity index (χ0v) is 14.0. The van der Waals surface area contributed by atoms with Gasteiger partial charge in [-0.05, 0) is 25.0 Å². The summed E-state index contributed by atoms with van der Waals surface area (Å²) in [5, 5.41) is 6.25. The van der Waals surface area contributed by atoms with E-state index in [2.05, 4.69) is 15.2 Å². The number of thiazole rings is 1. The second-order valence-corrected chi connectivity index (χ2v) is 6.80. The van der Waals surface area contributed by atoms with Gasteiger partial charge < -0.3 is 10.2 Å². The van der Waals surface area contributed by atoms with Crippen molar-refractivity contribution in [3.05, 3.63) is 46.2 Å². The molecule has 0 unspecified atom stereocenters. The van der Waals surface area contributed by atoms with Gasteiger partial charge in [-0.15, -0.1) is 11.3 Å². The molecule has 0 spiro atoms. The number of anilines is 1. The average molecular weight is 354 g/mol. The molecule has 0 aliphatic carbocycles. The van der Waals surface area contributed by atoms with Crippen LogP contribution in [0.4, 0.5) is 9.52 Å². The molecule has 1 saturated heterocycles. The molecule has 1 aliphatic heterocycles. The number of nitrogens with one attached hydrogen (secondary N) is 1. The van der Waals surface area contributed by atoms with E-state index in [-0.39, 0.29) is 23.9 Å². The van der Waals surface area contributed by atoms with E-state index in [1.165, 1.54) is 12.1 Å². The van der Waals surface area contributed by atoms with Crippen LogP contribution in [-0.2, 0) is 11.2 Å². The summed E-state index contributed by atoms with van der Waals surface area (Å²) in [5.41, 5.74) is 0.256. The first-order valence-corrected chi connectivity index (χ1v) is 8.76. The molecule has 122 valence electrons. The van der Waals surface area contributed by atoms with Gasteiger partial charge in [0.05, 0.1) is 6.42 Å². The maximum absolute atomic E-state index is 13.7. The van der Waals surface area contributed by atoms with Crippen LogP contribution in [0.3, 0.4) is 0 Å². The highest BCUT2D eigenvalue weighted by molar-refractivity contribution is 7.13. The lowest BCUT2D eigenvalue weighted by atomic mass is 10.0. The fraction of sp³-hybridized carbons (Fsp3) is 0.375. The standard InChI is InChI=1S/C16H17ClFN3OS/c17-13-2-1-3-14(18)12(13)10-15(22)20-11-4-7-21(8-5-11)16-19-6-9-23-16/h1-3,6,9,11H,4-5,7-8,10H2,(H,20,22). The number of rotatable bonds is 4. The van der Waals surface area contributed by atoms with Crippen molar-refractivity contribution >= 4 is 34.0 Å². The molecule has 2 heterocycles. The molecule has 0 saturated carbocycles. The van der Waals surface area contributed by atoms with Crippen molar-refractivity contribution in [2.24, 2.45) is 0 Å². The van der Waals surface area contributed by atoms with Crippen LogP contribution < -0.4 is 10.2 Å². The van der Waals surface area contributed by atoms with Gasteiger partial charge in [0.15, 0.2) is 5.13 Å². The maximum Gasteiger partial charge on any atom is 0.224 e. The zero-order chi connectivity index (χ0) is 16.2. The molecule has 1 aromatic heterocycles. The van der Waals surface area contributed by atoms with Gasteiger partial charge in [-0.1, -0.05) is 17.7 Å². The highest BCUT2D eigenvalue weighted by atomic mass is 35.5. The van der Waals surface area contributed by atoms with Gasteiger partial charge in [0, 0.05) is 41.3 Å². The summed E-state index contributed by atoms with van der Waals surface area (Å²) < 4.78 is 13.7. The van der Waals surface area contributed by atoms with Crippen LogP contribution in [0.5, 0.6) is 0 Å². The van der Waals surface area contributed by atoms with Crippen LogP contribution in [-0.4, -0.2) is 30.0 Å². The fourth-order valence-electron chi connectivity index (χ4n) is 2.73. The summed E-state index contributed by atoms with van der Waals surface area (Å²) in [6, 6.07) is 4.57. The smallest absolute Gasteiger partial charge is 0.224 e. The molecule has 1 aromatic carbocycles. The molecule has 4 nitrogen and oxygen atoms in total. The van der Waals surface area contributed by atoms with Crippen LogP contribution in [0.1, 0.15) is 18.4 Å². The Morgan fingerprint density at radius 3 is 2.87 bits per heavy atom. The van der Waals surface area contributed by atoms with Gasteiger partial charge >= 0.3 is 0 Å². The zero-order valence-electron chi connectivity index (χ0n) is 12.5. The molecule has 23 heavy (non-hydrogen) atoms. The van der Waals surface area contributed by atoms with Crippen molar-refractivity contribution in [2.45, 2.75) is 25.3 Å². The number of piperidine rings is 1. The monoisotopic (exact) mass is 353 g/mol. The minimum Gasteiger partial charge on any atom is -0.353 e. The minimum atomic E-state index is -0.439. The average Bonchev–Trinajstić information content (AvgIpc) is 3.06. The Morgan fingerprint density at radius 2 is 2.22 bits per heavy atom. The Morgan fingerprint density at radius 1 is 1.43 bits per heavy atom. The summed E-state index contributed by atoms with van der Waals surface area (Å²) >= 11 is 7.58. The molecule has 0 bridgehead atoms. The molecule has 0 radical (unpaired) electrons. The molecule has 7 heteroatoms. The summed E-state index contributed by atoms with van der Waals surface area (Å²) in [7, 11) is 0. The Labute approximate surface area is 143 Å². The van der Waals surface area contributed by atoms with E-state index < -0.39 is 5.82 Å². The van der Waals surface area contributed by atoms with Crippen LogP contribution in [0, 0.1) is 5.82 Å². The van der Waals surface area contributed by atoms with E-state index in [1.807, 2.05) is 5.38 Å². The Kier molecular flexibility index (Phi) is 5.13. The number of amides is 1. The first-order valence-electron chi connectivity index (χ1n) is 7.50. The molecule has 3 rings (SSSR count). The van der Waals surface area contributed by atoms with Crippen molar-refractivity contribution < 1.29 is 9.18 Å². The molecule has 0 atom stereocenters. The van der Waals surface area contributed by atoms with Crippen LogP contribution in [0.2, 0.25) is 5.02 Å². The normalized spacial score (nSPS) is 15.7. The van der Waals surface area contributed by atoms with Gasteiger partial charge in [-0.2, -0.15) is 0 Å². The summed E-state index contributed by atoms with van der Waals surface area (Å²) in [6.45, 7) is 1.72. The van der Waals surface area contributed by atoms with Crippen LogP contribution >= 0.6 is 22.9 Å². The molecule has 1 amide bonds. The second-order valence-electron chi connectivity index (χ2n) is 5.52. The molecule has 1 fully saturated rings. The highest BCUT2D eigenvalue weighted by Crippen LogP contribution is 2.22. The Bertz CT molecular complexity index is 652. The third-order valence-corrected chi connectivity index (χ3v) is 5.14. The van der Waals surface area contributed by atoms with Crippen molar-refractivity contribution in [3.63, 3.8) is 0 Å². The molecular formula is C16H17ClFN3OS. The van der Waals surface area contributed by atoms with Gasteiger partial charge in [-0.3, -0.25) is 4.79 Å². The molecule has 2 aromatic rings. The largest absolute Gasteiger partial charge is 0.353 e. The van der Waals surface area contributed by atoms with Crippen LogP contribution in [0.15, 0.2) is 29.8 Å². The first kappa shape index (κ1) is 16.2. The number of carbonyl (C=O) groups excluding carboxylic acids is 1. The summed E-state index contributed by atoms with van der Waals surface area (Å²) in [6.07, 6.45) is 3.48. The van der Waals surface area contributed by atoms with Crippen molar-refractivity contribution in [1.82, 2.24) is 10.3 Å². The van der Waals surface area contributed by atoms with E-state index in [0.717, 1.165) is 31.1 Å². The number of hydrogen-bond donors (Lipinski definition) is 1. The van der Waals surface area contributed by atoms with Crippen LogP contribution in [0.25, 0.3) is 0 Å². The number of benzene rings is 1. The van der Waals surface area contributed by atoms with Gasteiger partial charge in [-0.25, -0.2) is 9.37 Å². The highest BCUT2D eigenvalue weighted by Gasteiger charge is 2.22.